The van der Waals surface area contributed by atoms with Crippen LogP contribution in [0.25, 0.3) is 5.82 Å². The fourth-order valence-corrected chi connectivity index (χ4v) is 6.39. The fraction of sp³-hybridized carbons (Fsp3) is 0.636. The average Bonchev–Trinajstić information content (AvgIpc) is 3.10. The van der Waals surface area contributed by atoms with E-state index in [-0.39, 0.29) is 5.91 Å². The van der Waals surface area contributed by atoms with E-state index in [1.54, 1.807) is 4.68 Å². The number of amides is 1. The molecule has 4 bridgehead atoms. The number of carbonyl (C=O) groups excluding carboxylic acids is 1. The molecule has 1 amide bonds. The number of nitrogens with zero attached hydrogens (tertiary/aromatic N) is 4. The molecule has 0 radical (unpaired) electrons. The number of nitrogens with one attached hydrogen (secondary N) is 2. The first-order valence-electron chi connectivity index (χ1n) is 10.9. The van der Waals surface area contributed by atoms with Crippen molar-refractivity contribution in [3.05, 3.63) is 30.1 Å². The Labute approximate surface area is 171 Å². The molecule has 0 spiro atoms. The number of aromatic nitrogens is 4. The van der Waals surface area contributed by atoms with Crippen LogP contribution in [0, 0.1) is 30.1 Å². The maximum atomic E-state index is 12.6. The molecule has 4 saturated carbocycles. The van der Waals surface area contributed by atoms with E-state index in [0.717, 1.165) is 23.4 Å². The lowest BCUT2D eigenvalue weighted by Gasteiger charge is -2.56. The van der Waals surface area contributed by atoms with Gasteiger partial charge in [-0.25, -0.2) is 4.68 Å². The summed E-state index contributed by atoms with van der Waals surface area (Å²) in [6.07, 6.45) is 10.7. The molecular weight excluding hydrogens is 364 g/mol. The Kier molecular flexibility index (Phi) is 4.76. The third-order valence-corrected chi connectivity index (χ3v) is 7.06. The number of aryl methyl sites for hydroxylation is 1. The first kappa shape index (κ1) is 18.6. The van der Waals surface area contributed by atoms with Gasteiger partial charge in [0.1, 0.15) is 5.82 Å². The molecule has 29 heavy (non-hydrogen) atoms. The van der Waals surface area contributed by atoms with Gasteiger partial charge in [-0.1, -0.05) is 0 Å². The number of rotatable bonds is 7. The molecule has 7 heteroatoms. The zero-order chi connectivity index (χ0) is 19.8. The summed E-state index contributed by atoms with van der Waals surface area (Å²) in [5.41, 5.74) is 1.25. The maximum absolute atomic E-state index is 12.6. The molecular formula is C22H30N6O. The van der Waals surface area contributed by atoms with Crippen molar-refractivity contribution in [3.63, 3.8) is 0 Å². The van der Waals surface area contributed by atoms with Gasteiger partial charge in [0, 0.05) is 25.7 Å². The lowest BCUT2D eigenvalue weighted by molar-refractivity contribution is -0.129. The standard InChI is InChI=1S/C22H30N6O/c1-15-4-7-28(27-15)20-3-2-19(25-26-20)23-5-6-24-21(29)14-22-11-16-8-17(12-22)10-18(9-16)13-22/h2-4,7,16-18H,5-6,8-14H2,1H3,(H,23,25)(H,24,29). The van der Waals surface area contributed by atoms with Crippen molar-refractivity contribution in [2.45, 2.75) is 51.9 Å². The van der Waals surface area contributed by atoms with Gasteiger partial charge in [-0.2, -0.15) is 5.10 Å². The van der Waals surface area contributed by atoms with Gasteiger partial charge in [0.2, 0.25) is 5.91 Å². The van der Waals surface area contributed by atoms with Crippen LogP contribution in [-0.2, 0) is 4.79 Å². The Balaban J connectivity index is 1.07. The summed E-state index contributed by atoms with van der Waals surface area (Å²) < 4.78 is 1.71. The predicted octanol–water partition coefficient (Wildman–Crippen LogP) is 3.11. The van der Waals surface area contributed by atoms with Gasteiger partial charge in [0.15, 0.2) is 5.82 Å². The maximum Gasteiger partial charge on any atom is 0.220 e. The van der Waals surface area contributed by atoms with Crippen molar-refractivity contribution < 1.29 is 4.79 Å². The Morgan fingerprint density at radius 3 is 2.38 bits per heavy atom. The molecule has 2 aromatic rings. The van der Waals surface area contributed by atoms with Crippen LogP contribution in [0.5, 0.6) is 0 Å². The van der Waals surface area contributed by atoms with E-state index in [0.29, 0.717) is 36.6 Å². The second kappa shape index (κ2) is 7.43. The second-order valence-corrected chi connectivity index (χ2v) is 9.55. The van der Waals surface area contributed by atoms with Crippen molar-refractivity contribution >= 4 is 11.7 Å². The van der Waals surface area contributed by atoms with Gasteiger partial charge < -0.3 is 10.6 Å². The van der Waals surface area contributed by atoms with Gasteiger partial charge in [0.05, 0.1) is 5.69 Å². The highest BCUT2D eigenvalue weighted by molar-refractivity contribution is 5.76. The van der Waals surface area contributed by atoms with Crippen molar-refractivity contribution in [1.29, 1.82) is 0 Å². The van der Waals surface area contributed by atoms with Crippen molar-refractivity contribution in [2.24, 2.45) is 23.2 Å². The fourth-order valence-electron chi connectivity index (χ4n) is 6.39. The van der Waals surface area contributed by atoms with Gasteiger partial charge in [-0.15, -0.1) is 10.2 Å². The number of carbonyl (C=O) groups is 1. The molecule has 0 atom stereocenters. The molecule has 154 valence electrons. The summed E-state index contributed by atoms with van der Waals surface area (Å²) in [7, 11) is 0. The van der Waals surface area contributed by atoms with E-state index >= 15 is 0 Å². The van der Waals surface area contributed by atoms with Crippen LogP contribution >= 0.6 is 0 Å². The van der Waals surface area contributed by atoms with Crippen LogP contribution in [0.1, 0.15) is 50.6 Å². The summed E-state index contributed by atoms with van der Waals surface area (Å²) in [5, 5.41) is 19.1. The minimum absolute atomic E-state index is 0.212. The largest absolute Gasteiger partial charge is 0.367 e. The minimum atomic E-state index is 0.212. The van der Waals surface area contributed by atoms with E-state index in [1.165, 1.54) is 38.5 Å². The quantitative estimate of drug-likeness (QED) is 0.705. The van der Waals surface area contributed by atoms with Gasteiger partial charge in [0.25, 0.3) is 0 Å². The van der Waals surface area contributed by atoms with E-state index < -0.39 is 0 Å². The topological polar surface area (TPSA) is 84.7 Å². The highest BCUT2D eigenvalue weighted by atomic mass is 16.1. The Hall–Kier alpha value is -2.44. The van der Waals surface area contributed by atoms with E-state index in [1.807, 2.05) is 31.3 Å². The molecule has 4 aliphatic rings. The van der Waals surface area contributed by atoms with Gasteiger partial charge in [-0.05, 0) is 86.8 Å². The molecule has 4 fully saturated rings. The van der Waals surface area contributed by atoms with E-state index in [2.05, 4.69) is 25.9 Å². The molecule has 6 rings (SSSR count). The lowest BCUT2D eigenvalue weighted by Crippen LogP contribution is -2.48. The van der Waals surface area contributed by atoms with Crippen LogP contribution < -0.4 is 10.6 Å². The zero-order valence-electron chi connectivity index (χ0n) is 17.1. The Morgan fingerprint density at radius 2 is 1.79 bits per heavy atom. The van der Waals surface area contributed by atoms with Crippen LogP contribution in [0.2, 0.25) is 0 Å². The van der Waals surface area contributed by atoms with E-state index in [4.69, 9.17) is 0 Å². The molecule has 4 aliphatic carbocycles. The normalized spacial score (nSPS) is 29.8. The molecule has 2 heterocycles. The molecule has 0 aliphatic heterocycles. The van der Waals surface area contributed by atoms with Crippen molar-refractivity contribution in [2.75, 3.05) is 18.4 Å². The molecule has 0 unspecified atom stereocenters. The highest BCUT2D eigenvalue weighted by Gasteiger charge is 2.51. The molecule has 2 N–H and O–H groups in total. The summed E-state index contributed by atoms with van der Waals surface area (Å²) in [6.45, 7) is 3.19. The smallest absolute Gasteiger partial charge is 0.220 e. The summed E-state index contributed by atoms with van der Waals surface area (Å²) >= 11 is 0. The number of anilines is 1. The third-order valence-electron chi connectivity index (χ3n) is 7.06. The summed E-state index contributed by atoms with van der Waals surface area (Å²) in [6, 6.07) is 5.70. The van der Waals surface area contributed by atoms with Crippen LogP contribution in [0.15, 0.2) is 24.4 Å². The van der Waals surface area contributed by atoms with Crippen LogP contribution in [0.4, 0.5) is 5.82 Å². The SMILES string of the molecule is Cc1ccn(-c2ccc(NCCNC(=O)CC34CC5CC(CC(C5)C3)C4)nn2)n1. The monoisotopic (exact) mass is 394 g/mol. The minimum Gasteiger partial charge on any atom is -0.367 e. The van der Waals surface area contributed by atoms with Gasteiger partial charge in [-0.3, -0.25) is 4.79 Å². The second-order valence-electron chi connectivity index (χ2n) is 9.55. The molecule has 0 aromatic carbocycles. The first-order valence-corrected chi connectivity index (χ1v) is 10.9. The summed E-state index contributed by atoms with van der Waals surface area (Å²) in [5.74, 6) is 4.28. The van der Waals surface area contributed by atoms with Crippen molar-refractivity contribution in [3.8, 4) is 5.82 Å². The zero-order valence-corrected chi connectivity index (χ0v) is 17.1. The van der Waals surface area contributed by atoms with Crippen LogP contribution in [-0.4, -0.2) is 39.0 Å². The predicted molar refractivity (Wildman–Crippen MR) is 111 cm³/mol. The molecule has 0 saturated heterocycles. The summed E-state index contributed by atoms with van der Waals surface area (Å²) in [4.78, 5) is 12.6. The Bertz CT molecular complexity index is 838. The first-order chi connectivity index (χ1) is 14.1. The number of hydrogen-bond donors (Lipinski definition) is 2. The lowest BCUT2D eigenvalue weighted by atomic mass is 9.49. The molecule has 7 nitrogen and oxygen atoms in total. The van der Waals surface area contributed by atoms with Crippen LogP contribution in [0.3, 0.4) is 0 Å². The highest BCUT2D eigenvalue weighted by Crippen LogP contribution is 2.61. The Morgan fingerprint density at radius 1 is 1.07 bits per heavy atom. The van der Waals surface area contributed by atoms with Gasteiger partial charge >= 0.3 is 0 Å². The van der Waals surface area contributed by atoms with Crippen molar-refractivity contribution in [1.82, 2.24) is 25.3 Å². The number of hydrogen-bond acceptors (Lipinski definition) is 5. The third kappa shape index (κ3) is 4.00. The van der Waals surface area contributed by atoms with E-state index in [9.17, 15) is 4.79 Å². The molecule has 2 aromatic heterocycles. The average molecular weight is 395 g/mol.